The van der Waals surface area contributed by atoms with Crippen LogP contribution in [-0.2, 0) is 0 Å². The Bertz CT molecular complexity index is 258. The molecule has 0 unspecified atom stereocenters. The predicted molar refractivity (Wildman–Crippen MR) is 154 cm³/mol. The van der Waals surface area contributed by atoms with Crippen molar-refractivity contribution in [2.24, 2.45) is 0 Å². The molecule has 3 heteroatoms. The summed E-state index contributed by atoms with van der Waals surface area (Å²) in [4.78, 5) is 0. The SMILES string of the molecule is Br.CCCCCCCC[PH](CCC)(CCCCCCCC)CCCCCCCC.N. The van der Waals surface area contributed by atoms with Crippen LogP contribution in [0.15, 0.2) is 0 Å². The Hall–Kier alpha value is 0.870. The van der Waals surface area contributed by atoms with E-state index in [9.17, 15) is 0 Å². The van der Waals surface area contributed by atoms with Crippen molar-refractivity contribution in [2.45, 2.75) is 150 Å². The second-order valence-corrected chi connectivity index (χ2v) is 14.8. The van der Waals surface area contributed by atoms with Crippen molar-refractivity contribution in [3.05, 3.63) is 0 Å². The quantitative estimate of drug-likeness (QED) is 0.107. The summed E-state index contributed by atoms with van der Waals surface area (Å²) in [6.07, 6.45) is 34.7. The normalized spacial score (nSPS) is 11.7. The fourth-order valence-electron chi connectivity index (χ4n) is 5.12. The Morgan fingerprint density at radius 1 is 0.333 bits per heavy atom. The molecule has 1 nitrogen and oxygen atoms in total. The van der Waals surface area contributed by atoms with Gasteiger partial charge in [-0.3, -0.25) is 0 Å². The standard InChI is InChI=1S/C27H59P.BrH.H3N/c1-5-9-12-15-18-21-25-28(24-8-4,26-22-19-16-13-10-6-2)27-23-20-17-14-11-7-3;;/h28H,5-27H2,1-4H3;1H;1H3. The van der Waals surface area contributed by atoms with Crippen LogP contribution in [0.25, 0.3) is 0 Å². The van der Waals surface area contributed by atoms with Crippen molar-refractivity contribution < 1.29 is 0 Å². The van der Waals surface area contributed by atoms with Crippen LogP contribution >= 0.6 is 24.2 Å². The van der Waals surface area contributed by atoms with E-state index >= 15 is 0 Å². The third-order valence-corrected chi connectivity index (χ3v) is 12.8. The monoisotopic (exact) mass is 511 g/mol. The molecule has 0 aromatic heterocycles. The van der Waals surface area contributed by atoms with Crippen LogP contribution < -0.4 is 6.15 Å². The van der Waals surface area contributed by atoms with Crippen LogP contribution in [0, 0.1) is 0 Å². The first-order chi connectivity index (χ1) is 13.7. The molecule has 0 fully saturated rings. The van der Waals surface area contributed by atoms with E-state index in [1.807, 2.05) is 0 Å². The van der Waals surface area contributed by atoms with Crippen LogP contribution in [0.1, 0.15) is 150 Å². The topological polar surface area (TPSA) is 35.0 Å². The number of hydrogen-bond acceptors (Lipinski definition) is 1. The summed E-state index contributed by atoms with van der Waals surface area (Å²) in [5, 5.41) is 0. The Labute approximate surface area is 204 Å². The molecule has 0 rings (SSSR count). The molecule has 0 aromatic carbocycles. The molecule has 0 bridgehead atoms. The Balaban J connectivity index is -0.00000364. The van der Waals surface area contributed by atoms with E-state index in [4.69, 9.17) is 0 Å². The molecule has 0 saturated carbocycles. The summed E-state index contributed by atoms with van der Waals surface area (Å²) in [5.74, 6) is 0. The molecule has 188 valence electrons. The molecule has 0 heterocycles. The van der Waals surface area contributed by atoms with E-state index in [0.29, 0.717) is 0 Å². The van der Waals surface area contributed by atoms with Crippen LogP contribution in [-0.4, -0.2) is 24.6 Å². The van der Waals surface area contributed by atoms with E-state index in [-0.39, 0.29) is 23.1 Å². The smallest absolute Gasteiger partial charge is 0.344 e. The van der Waals surface area contributed by atoms with Gasteiger partial charge in [-0.05, 0) is 0 Å². The van der Waals surface area contributed by atoms with Gasteiger partial charge in [-0.15, -0.1) is 17.0 Å². The van der Waals surface area contributed by atoms with E-state index in [1.165, 1.54) is 103 Å². The van der Waals surface area contributed by atoms with Crippen molar-refractivity contribution in [2.75, 3.05) is 24.6 Å². The van der Waals surface area contributed by atoms with Gasteiger partial charge in [0.2, 0.25) is 0 Å². The Morgan fingerprint density at radius 2 is 0.600 bits per heavy atom. The summed E-state index contributed by atoms with van der Waals surface area (Å²) >= 11 is 0. The fraction of sp³-hybridized carbons (Fsp3) is 1.00. The zero-order chi connectivity index (χ0) is 20.8. The van der Waals surface area contributed by atoms with Gasteiger partial charge in [-0.1, -0.05) is 0 Å². The molecule has 0 aliphatic rings. The average molecular weight is 513 g/mol. The zero-order valence-electron chi connectivity index (χ0n) is 21.9. The maximum absolute atomic E-state index is 2.46. The van der Waals surface area contributed by atoms with Crippen molar-refractivity contribution >= 4 is 24.2 Å². The van der Waals surface area contributed by atoms with Gasteiger partial charge in [-0.25, -0.2) is 0 Å². The number of unbranched alkanes of at least 4 members (excludes halogenated alkanes) is 15. The van der Waals surface area contributed by atoms with Gasteiger partial charge in [0.25, 0.3) is 0 Å². The second kappa shape index (κ2) is 27.9. The molecule has 0 atom stereocenters. The molecule has 0 radical (unpaired) electrons. The van der Waals surface area contributed by atoms with Crippen LogP contribution in [0.5, 0.6) is 0 Å². The summed E-state index contributed by atoms with van der Waals surface area (Å²) in [7, 11) is -1.00. The Morgan fingerprint density at radius 3 is 0.867 bits per heavy atom. The average Bonchev–Trinajstić information content (AvgIpc) is 2.70. The predicted octanol–water partition coefficient (Wildman–Crippen LogP) is 11.0. The molecule has 0 spiro atoms. The van der Waals surface area contributed by atoms with Gasteiger partial charge in [0, 0.05) is 0 Å². The van der Waals surface area contributed by atoms with Crippen LogP contribution in [0.2, 0.25) is 0 Å². The first-order valence-electron chi connectivity index (χ1n) is 13.7. The molecule has 0 aromatic rings. The molecule has 3 N–H and O–H groups in total. The Kier molecular flexibility index (Phi) is 33.0. The minimum Gasteiger partial charge on any atom is -0.344 e. The fourth-order valence-corrected chi connectivity index (χ4v) is 10.7. The summed E-state index contributed by atoms with van der Waals surface area (Å²) in [5.41, 5.74) is 0. The van der Waals surface area contributed by atoms with E-state index in [1.54, 1.807) is 43.9 Å². The van der Waals surface area contributed by atoms with E-state index < -0.39 is 7.26 Å². The van der Waals surface area contributed by atoms with Crippen LogP contribution in [0.4, 0.5) is 0 Å². The van der Waals surface area contributed by atoms with E-state index in [0.717, 1.165) is 0 Å². The maximum atomic E-state index is 2.46. The molecule has 0 aliphatic carbocycles. The van der Waals surface area contributed by atoms with Crippen molar-refractivity contribution in [1.82, 2.24) is 6.15 Å². The minimum atomic E-state index is -1.00. The third-order valence-electron chi connectivity index (χ3n) is 6.96. The second-order valence-electron chi connectivity index (χ2n) is 9.80. The summed E-state index contributed by atoms with van der Waals surface area (Å²) < 4.78 is 0. The minimum absolute atomic E-state index is 0. The first-order valence-corrected chi connectivity index (χ1v) is 16.6. The summed E-state index contributed by atoms with van der Waals surface area (Å²) in [6, 6.07) is 0. The van der Waals surface area contributed by atoms with Crippen molar-refractivity contribution in [3.63, 3.8) is 0 Å². The largest absolute Gasteiger partial charge is 0.344 e. The van der Waals surface area contributed by atoms with Crippen molar-refractivity contribution in [1.29, 1.82) is 0 Å². The molecule has 0 saturated heterocycles. The van der Waals surface area contributed by atoms with Crippen LogP contribution in [0.3, 0.4) is 0 Å². The van der Waals surface area contributed by atoms with Gasteiger partial charge in [0.15, 0.2) is 0 Å². The molecular weight excluding hydrogens is 449 g/mol. The van der Waals surface area contributed by atoms with Gasteiger partial charge < -0.3 is 6.15 Å². The van der Waals surface area contributed by atoms with E-state index in [2.05, 4.69) is 27.7 Å². The number of halogens is 1. The number of hydrogen-bond donors (Lipinski definition) is 1. The van der Waals surface area contributed by atoms with Gasteiger partial charge in [0.1, 0.15) is 0 Å². The molecular formula is C27H63BrNP. The number of rotatable bonds is 23. The van der Waals surface area contributed by atoms with Gasteiger partial charge in [0.05, 0.1) is 0 Å². The van der Waals surface area contributed by atoms with Crippen molar-refractivity contribution in [3.8, 4) is 0 Å². The summed E-state index contributed by atoms with van der Waals surface area (Å²) in [6.45, 7) is 9.46. The molecule has 0 aliphatic heterocycles. The third kappa shape index (κ3) is 22.1. The molecule has 0 amide bonds. The molecule has 30 heavy (non-hydrogen) atoms. The van der Waals surface area contributed by atoms with Gasteiger partial charge in [-0.2, -0.15) is 0 Å². The van der Waals surface area contributed by atoms with Gasteiger partial charge >= 0.3 is 182 Å². The zero-order valence-corrected chi connectivity index (χ0v) is 24.6. The maximum Gasteiger partial charge on any atom is -0.344 e. The first kappa shape index (κ1) is 35.5.